The van der Waals surface area contributed by atoms with Crippen LogP contribution in [0, 0.1) is 5.41 Å². The first-order chi connectivity index (χ1) is 16.0. The van der Waals surface area contributed by atoms with Gasteiger partial charge in [0.25, 0.3) is 0 Å². The highest BCUT2D eigenvalue weighted by atomic mass is 32.2. The molecule has 2 aliphatic rings. The lowest BCUT2D eigenvalue weighted by molar-refractivity contribution is -0.306. The van der Waals surface area contributed by atoms with Gasteiger partial charge in [-0.2, -0.15) is 0 Å². The van der Waals surface area contributed by atoms with Crippen LogP contribution in [0.3, 0.4) is 0 Å². The van der Waals surface area contributed by atoms with Gasteiger partial charge in [-0.3, -0.25) is 0 Å². The molecule has 1 heterocycles. The Kier molecular flexibility index (Phi) is 6.89. The van der Waals surface area contributed by atoms with Gasteiger partial charge in [0.15, 0.2) is 20.5 Å². The van der Waals surface area contributed by atoms with Crippen LogP contribution in [0.15, 0.2) is 105 Å². The highest BCUT2D eigenvalue weighted by molar-refractivity contribution is 8.00. The number of thioether (sulfide) groups is 1. The lowest BCUT2D eigenvalue weighted by atomic mass is 9.89. The quantitative estimate of drug-likeness (QED) is 0.353. The lowest BCUT2D eigenvalue weighted by Gasteiger charge is -2.49. The van der Waals surface area contributed by atoms with E-state index in [1.165, 1.54) is 32.4 Å². The molecule has 172 valence electrons. The molecule has 1 spiro atoms. The highest BCUT2D eigenvalue weighted by Crippen LogP contribution is 2.46. The van der Waals surface area contributed by atoms with E-state index < -0.39 is 5.79 Å². The summed E-state index contributed by atoms with van der Waals surface area (Å²) in [6.45, 7) is 6.00. The van der Waals surface area contributed by atoms with Gasteiger partial charge in [-0.1, -0.05) is 56.7 Å². The molecule has 33 heavy (non-hydrogen) atoms. The molecule has 1 saturated carbocycles. The maximum absolute atomic E-state index is 6.44. The van der Waals surface area contributed by atoms with Crippen LogP contribution in [0.1, 0.15) is 39.5 Å². The van der Waals surface area contributed by atoms with Crippen LogP contribution < -0.4 is 0 Å². The van der Waals surface area contributed by atoms with E-state index in [0.29, 0.717) is 5.25 Å². The molecule has 0 radical (unpaired) electrons. The summed E-state index contributed by atoms with van der Waals surface area (Å²) in [5.74, 6) is -0.421. The van der Waals surface area contributed by atoms with Gasteiger partial charge >= 0.3 is 0 Å². The molecule has 0 amide bonds. The van der Waals surface area contributed by atoms with E-state index in [4.69, 9.17) is 9.47 Å². The van der Waals surface area contributed by atoms with Gasteiger partial charge in [0.05, 0.1) is 29.4 Å². The zero-order valence-electron chi connectivity index (χ0n) is 19.5. The number of hydrogen-bond acceptors (Lipinski definition) is 3. The van der Waals surface area contributed by atoms with Gasteiger partial charge in [-0.05, 0) is 61.4 Å². The minimum atomic E-state index is -0.421. The number of ether oxygens (including phenoxy) is 2. The molecular formula is C29H33O2S2+. The average molecular weight is 478 g/mol. The van der Waals surface area contributed by atoms with Crippen molar-refractivity contribution < 1.29 is 9.47 Å². The second-order valence-corrected chi connectivity index (χ2v) is 13.1. The Labute approximate surface area is 205 Å². The molecule has 3 aromatic rings. The molecule has 1 unspecified atom stereocenters. The Bertz CT molecular complexity index is 985. The fourth-order valence-corrected chi connectivity index (χ4v) is 8.04. The first-order valence-corrected chi connectivity index (χ1v) is 14.0. The molecule has 5 rings (SSSR count). The van der Waals surface area contributed by atoms with Gasteiger partial charge in [-0.25, -0.2) is 0 Å². The third-order valence-electron chi connectivity index (χ3n) is 6.44. The van der Waals surface area contributed by atoms with Crippen molar-refractivity contribution in [2.24, 2.45) is 5.41 Å². The predicted molar refractivity (Wildman–Crippen MR) is 138 cm³/mol. The van der Waals surface area contributed by atoms with Crippen LogP contribution in [-0.2, 0) is 20.4 Å². The zero-order chi connectivity index (χ0) is 22.7. The Morgan fingerprint density at radius 1 is 0.727 bits per heavy atom. The van der Waals surface area contributed by atoms with Crippen molar-refractivity contribution in [3.05, 3.63) is 84.9 Å². The van der Waals surface area contributed by atoms with E-state index in [0.717, 1.165) is 26.1 Å². The van der Waals surface area contributed by atoms with Crippen LogP contribution in [-0.4, -0.2) is 24.3 Å². The summed E-state index contributed by atoms with van der Waals surface area (Å²) in [4.78, 5) is 5.35. The van der Waals surface area contributed by atoms with E-state index in [1.807, 2.05) is 11.8 Å². The third-order valence-corrected chi connectivity index (χ3v) is 10.1. The second kappa shape index (κ2) is 9.87. The van der Waals surface area contributed by atoms with E-state index >= 15 is 0 Å². The molecule has 0 bridgehead atoms. The topological polar surface area (TPSA) is 18.5 Å². The normalized spacial score (nSPS) is 21.8. The predicted octanol–water partition coefficient (Wildman–Crippen LogP) is 7.59. The van der Waals surface area contributed by atoms with Crippen LogP contribution >= 0.6 is 11.8 Å². The van der Waals surface area contributed by atoms with Crippen LogP contribution in [0.4, 0.5) is 0 Å². The molecule has 1 atom stereocenters. The van der Waals surface area contributed by atoms with E-state index in [9.17, 15) is 0 Å². The minimum absolute atomic E-state index is 0.102. The summed E-state index contributed by atoms with van der Waals surface area (Å²) < 4.78 is 12.9. The van der Waals surface area contributed by atoms with Crippen molar-refractivity contribution in [3.63, 3.8) is 0 Å². The molecule has 0 N–H and O–H groups in total. The van der Waals surface area contributed by atoms with Crippen LogP contribution in [0.25, 0.3) is 0 Å². The van der Waals surface area contributed by atoms with Gasteiger partial charge < -0.3 is 9.47 Å². The number of rotatable bonds is 5. The third kappa shape index (κ3) is 5.19. The standard InChI is InChI=1S/C29H33O2S2/c1-28(2)21-30-29(31-22-28)20-10-9-15-27(29)32-23-16-18-26(19-17-23)33(24-11-5-3-6-12-24)25-13-7-4-8-14-25/h3-8,11-14,16-19,27H,9-10,15,20-22H2,1-2H3/q+1. The van der Waals surface area contributed by atoms with E-state index in [-0.39, 0.29) is 16.3 Å². The molecule has 1 aliphatic carbocycles. The first kappa shape index (κ1) is 23.0. The van der Waals surface area contributed by atoms with Gasteiger partial charge in [0.1, 0.15) is 0 Å². The van der Waals surface area contributed by atoms with Crippen LogP contribution in [0.5, 0.6) is 0 Å². The molecule has 2 fully saturated rings. The summed E-state index contributed by atoms with van der Waals surface area (Å²) in [5.41, 5.74) is 0.102. The van der Waals surface area contributed by atoms with Crippen molar-refractivity contribution >= 4 is 22.7 Å². The maximum Gasteiger partial charge on any atom is 0.180 e. The Hall–Kier alpha value is -1.72. The molecular weight excluding hydrogens is 444 g/mol. The lowest BCUT2D eigenvalue weighted by Crippen LogP contribution is -2.54. The smallest absolute Gasteiger partial charge is 0.180 e. The van der Waals surface area contributed by atoms with Crippen molar-refractivity contribution in [2.45, 2.75) is 70.1 Å². The maximum atomic E-state index is 6.44. The van der Waals surface area contributed by atoms with Crippen molar-refractivity contribution in [1.82, 2.24) is 0 Å². The Morgan fingerprint density at radius 3 is 1.85 bits per heavy atom. The molecule has 3 aromatic carbocycles. The molecule has 1 aliphatic heterocycles. The highest BCUT2D eigenvalue weighted by Gasteiger charge is 2.48. The van der Waals surface area contributed by atoms with E-state index in [2.05, 4.69) is 98.8 Å². The average Bonchev–Trinajstić information content (AvgIpc) is 2.85. The van der Waals surface area contributed by atoms with Gasteiger partial charge in [-0.15, -0.1) is 11.8 Å². The fraction of sp³-hybridized carbons (Fsp3) is 0.379. The van der Waals surface area contributed by atoms with Gasteiger partial charge in [0.2, 0.25) is 0 Å². The molecule has 1 saturated heterocycles. The second-order valence-electron chi connectivity index (χ2n) is 9.81. The number of hydrogen-bond donors (Lipinski definition) is 0. The van der Waals surface area contributed by atoms with Crippen LogP contribution in [0.2, 0.25) is 0 Å². The summed E-state index contributed by atoms with van der Waals surface area (Å²) >= 11 is 1.94. The minimum Gasteiger partial charge on any atom is -0.348 e. The SMILES string of the molecule is CC1(C)COC2(CCCCC2Sc2ccc([S+](c3ccccc3)c3ccccc3)cc2)OC1. The van der Waals surface area contributed by atoms with E-state index in [1.54, 1.807) is 0 Å². The zero-order valence-corrected chi connectivity index (χ0v) is 21.2. The summed E-state index contributed by atoms with van der Waals surface area (Å²) in [7, 11) is -0.108. The van der Waals surface area contributed by atoms with Crippen molar-refractivity contribution in [2.75, 3.05) is 13.2 Å². The largest absolute Gasteiger partial charge is 0.348 e. The molecule has 4 heteroatoms. The fourth-order valence-electron chi connectivity index (χ4n) is 4.62. The summed E-state index contributed by atoms with van der Waals surface area (Å²) in [6, 6.07) is 30.9. The number of benzene rings is 3. The molecule has 2 nitrogen and oxygen atoms in total. The Balaban J connectivity index is 1.37. The van der Waals surface area contributed by atoms with Crippen molar-refractivity contribution in [3.8, 4) is 0 Å². The molecule has 0 aromatic heterocycles. The monoisotopic (exact) mass is 477 g/mol. The van der Waals surface area contributed by atoms with Gasteiger partial charge in [0, 0.05) is 16.7 Å². The summed E-state index contributed by atoms with van der Waals surface area (Å²) in [5, 5.41) is 0.342. The van der Waals surface area contributed by atoms with Crippen molar-refractivity contribution in [1.29, 1.82) is 0 Å². The summed E-state index contributed by atoms with van der Waals surface area (Å²) in [6.07, 6.45) is 4.59. The first-order valence-electron chi connectivity index (χ1n) is 11.9. The Morgan fingerprint density at radius 2 is 1.27 bits per heavy atom.